The van der Waals surface area contributed by atoms with Crippen molar-refractivity contribution in [3.8, 4) is 5.75 Å². The van der Waals surface area contributed by atoms with Gasteiger partial charge in [-0.1, -0.05) is 39.0 Å². The molecule has 1 saturated carbocycles. The Balaban J connectivity index is 1.49. The molecular formula is C25H33N3O4S2. The Hall–Kier alpha value is -2.49. The average molecular weight is 504 g/mol. The number of thiocarbonyl (C=S) groups is 1. The molecule has 1 aliphatic carbocycles. The lowest BCUT2D eigenvalue weighted by Gasteiger charge is -2.22. The first kappa shape index (κ1) is 26.1. The van der Waals surface area contributed by atoms with E-state index in [2.05, 4.69) is 22.3 Å². The number of amides is 1. The van der Waals surface area contributed by atoms with Gasteiger partial charge in [0.1, 0.15) is 5.75 Å². The number of nitrogens with one attached hydrogen (secondary N) is 3. The number of ether oxygens (including phenoxy) is 1. The highest BCUT2D eigenvalue weighted by Gasteiger charge is 2.21. The average Bonchev–Trinajstić information content (AvgIpc) is 2.83. The lowest BCUT2D eigenvalue weighted by molar-refractivity contribution is 0.0977. The maximum absolute atomic E-state index is 12.6. The van der Waals surface area contributed by atoms with Gasteiger partial charge in [0.05, 0.1) is 11.5 Å². The van der Waals surface area contributed by atoms with Crippen molar-refractivity contribution in [2.45, 2.75) is 69.2 Å². The van der Waals surface area contributed by atoms with Crippen LogP contribution in [0.2, 0.25) is 0 Å². The van der Waals surface area contributed by atoms with Gasteiger partial charge in [-0.05, 0) is 80.0 Å². The Bertz CT molecular complexity index is 1050. The zero-order valence-electron chi connectivity index (χ0n) is 19.5. The SMILES string of the molecule is CCCCCOc1ccc(C(=O)NC(=S)Nc2ccc(S(=O)(=O)NC3CCCCC3)cc2)cc1. The van der Waals surface area contributed by atoms with Gasteiger partial charge in [-0.3, -0.25) is 10.1 Å². The van der Waals surface area contributed by atoms with Crippen LogP contribution < -0.4 is 20.1 Å². The van der Waals surface area contributed by atoms with Crippen molar-refractivity contribution in [2.24, 2.45) is 0 Å². The fraction of sp³-hybridized carbons (Fsp3) is 0.440. The summed E-state index contributed by atoms with van der Waals surface area (Å²) in [6.07, 6.45) is 8.28. The minimum atomic E-state index is -3.56. The van der Waals surface area contributed by atoms with Gasteiger partial charge >= 0.3 is 0 Å². The molecule has 0 atom stereocenters. The molecule has 1 amide bonds. The van der Waals surface area contributed by atoms with E-state index in [9.17, 15) is 13.2 Å². The Morgan fingerprint density at radius 1 is 1.00 bits per heavy atom. The summed E-state index contributed by atoms with van der Waals surface area (Å²) in [5.74, 6) is 0.382. The van der Waals surface area contributed by atoms with E-state index in [0.29, 0.717) is 17.9 Å². The number of benzene rings is 2. The van der Waals surface area contributed by atoms with Gasteiger partial charge < -0.3 is 10.1 Å². The van der Waals surface area contributed by atoms with Gasteiger partial charge in [-0.25, -0.2) is 13.1 Å². The summed E-state index contributed by atoms with van der Waals surface area (Å²) in [6.45, 7) is 2.80. The Morgan fingerprint density at radius 3 is 2.32 bits per heavy atom. The Morgan fingerprint density at radius 2 is 1.68 bits per heavy atom. The Kier molecular flexibility index (Phi) is 9.86. The van der Waals surface area contributed by atoms with Crippen LogP contribution in [-0.2, 0) is 10.0 Å². The van der Waals surface area contributed by atoms with Gasteiger partial charge in [0.25, 0.3) is 5.91 Å². The molecule has 184 valence electrons. The van der Waals surface area contributed by atoms with Crippen molar-refractivity contribution in [1.29, 1.82) is 0 Å². The van der Waals surface area contributed by atoms with Crippen LogP contribution in [0.15, 0.2) is 53.4 Å². The highest BCUT2D eigenvalue weighted by Crippen LogP contribution is 2.21. The monoisotopic (exact) mass is 503 g/mol. The maximum Gasteiger partial charge on any atom is 0.257 e. The lowest BCUT2D eigenvalue weighted by Crippen LogP contribution is -2.36. The summed E-state index contributed by atoms with van der Waals surface area (Å²) in [5, 5.41) is 5.67. The van der Waals surface area contributed by atoms with Crippen LogP contribution in [0.3, 0.4) is 0 Å². The van der Waals surface area contributed by atoms with E-state index >= 15 is 0 Å². The molecule has 3 N–H and O–H groups in total. The van der Waals surface area contributed by atoms with Crippen LogP contribution in [0.5, 0.6) is 5.75 Å². The number of anilines is 1. The standard InChI is InChI=1S/C25H33N3O4S2/c1-2-3-7-18-32-22-14-10-19(11-15-22)24(29)27-25(33)26-20-12-16-23(17-13-20)34(30,31)28-21-8-5-4-6-9-21/h10-17,21,28H,2-9,18H2,1H3,(H2,26,27,29,33). The predicted molar refractivity (Wildman–Crippen MR) is 139 cm³/mol. The van der Waals surface area contributed by atoms with Crippen molar-refractivity contribution in [3.05, 3.63) is 54.1 Å². The van der Waals surface area contributed by atoms with E-state index in [1.165, 1.54) is 12.1 Å². The predicted octanol–water partition coefficient (Wildman–Crippen LogP) is 4.99. The number of sulfonamides is 1. The highest BCUT2D eigenvalue weighted by atomic mass is 32.2. The van der Waals surface area contributed by atoms with E-state index in [-0.39, 0.29) is 22.0 Å². The van der Waals surface area contributed by atoms with Crippen molar-refractivity contribution in [3.63, 3.8) is 0 Å². The first-order valence-corrected chi connectivity index (χ1v) is 13.7. The van der Waals surface area contributed by atoms with Gasteiger partial charge in [0.15, 0.2) is 5.11 Å². The summed E-state index contributed by atoms with van der Waals surface area (Å²) in [6, 6.07) is 13.2. The molecular weight excluding hydrogens is 470 g/mol. The molecule has 3 rings (SSSR count). The maximum atomic E-state index is 12.6. The van der Waals surface area contributed by atoms with Gasteiger partial charge in [-0.15, -0.1) is 0 Å². The molecule has 7 nitrogen and oxygen atoms in total. The highest BCUT2D eigenvalue weighted by molar-refractivity contribution is 7.89. The minimum Gasteiger partial charge on any atom is -0.494 e. The fourth-order valence-electron chi connectivity index (χ4n) is 3.81. The van der Waals surface area contributed by atoms with Crippen LogP contribution in [0, 0.1) is 0 Å². The second kappa shape index (κ2) is 12.8. The van der Waals surface area contributed by atoms with Crippen LogP contribution >= 0.6 is 12.2 Å². The van der Waals surface area contributed by atoms with Crippen molar-refractivity contribution >= 4 is 38.9 Å². The first-order valence-electron chi connectivity index (χ1n) is 11.8. The molecule has 34 heavy (non-hydrogen) atoms. The molecule has 0 spiro atoms. The second-order valence-electron chi connectivity index (χ2n) is 8.47. The van der Waals surface area contributed by atoms with Crippen LogP contribution in [0.25, 0.3) is 0 Å². The third kappa shape index (κ3) is 8.07. The summed E-state index contributed by atoms with van der Waals surface area (Å²) in [7, 11) is -3.56. The number of hydrogen-bond donors (Lipinski definition) is 3. The van der Waals surface area contributed by atoms with Gasteiger partial charge in [0, 0.05) is 17.3 Å². The second-order valence-corrected chi connectivity index (χ2v) is 10.6. The molecule has 0 aliphatic heterocycles. The van der Waals surface area contributed by atoms with Crippen LogP contribution in [0.4, 0.5) is 5.69 Å². The quantitative estimate of drug-likeness (QED) is 0.312. The molecule has 0 saturated heterocycles. The molecule has 0 unspecified atom stereocenters. The first-order chi connectivity index (χ1) is 16.4. The number of unbranched alkanes of at least 4 members (excludes halogenated alkanes) is 2. The molecule has 2 aromatic rings. The molecule has 0 aromatic heterocycles. The number of rotatable bonds is 10. The van der Waals surface area contributed by atoms with Crippen molar-refractivity contribution < 1.29 is 17.9 Å². The van der Waals surface area contributed by atoms with Crippen molar-refractivity contribution in [1.82, 2.24) is 10.0 Å². The molecule has 2 aromatic carbocycles. The van der Waals surface area contributed by atoms with Gasteiger partial charge in [0.2, 0.25) is 10.0 Å². The van der Waals surface area contributed by atoms with E-state index in [1.807, 2.05) is 0 Å². The summed E-state index contributed by atoms with van der Waals surface area (Å²) in [5.41, 5.74) is 1.04. The van der Waals surface area contributed by atoms with E-state index < -0.39 is 10.0 Å². The molecule has 0 bridgehead atoms. The van der Waals surface area contributed by atoms with Gasteiger partial charge in [-0.2, -0.15) is 0 Å². The number of hydrogen-bond acceptors (Lipinski definition) is 5. The lowest BCUT2D eigenvalue weighted by atomic mass is 9.96. The fourth-order valence-corrected chi connectivity index (χ4v) is 5.32. The molecule has 1 fully saturated rings. The van der Waals surface area contributed by atoms with Crippen molar-refractivity contribution in [2.75, 3.05) is 11.9 Å². The largest absolute Gasteiger partial charge is 0.494 e. The smallest absolute Gasteiger partial charge is 0.257 e. The Labute approximate surface area is 207 Å². The molecule has 0 radical (unpaired) electrons. The van der Waals surface area contributed by atoms with E-state index in [0.717, 1.165) is 57.1 Å². The zero-order valence-corrected chi connectivity index (χ0v) is 21.1. The molecule has 9 heteroatoms. The summed E-state index contributed by atoms with van der Waals surface area (Å²) in [4.78, 5) is 12.7. The van der Waals surface area contributed by atoms with Crippen LogP contribution in [-0.4, -0.2) is 32.1 Å². The third-order valence-corrected chi connectivity index (χ3v) is 7.45. The van der Waals surface area contributed by atoms with E-state index in [1.54, 1.807) is 36.4 Å². The van der Waals surface area contributed by atoms with E-state index in [4.69, 9.17) is 17.0 Å². The molecule has 1 aliphatic rings. The summed E-state index contributed by atoms with van der Waals surface area (Å²) >= 11 is 5.24. The zero-order chi connectivity index (χ0) is 24.4. The van der Waals surface area contributed by atoms with Crippen LogP contribution in [0.1, 0.15) is 68.6 Å². The molecule has 0 heterocycles. The number of carbonyl (C=O) groups is 1. The topological polar surface area (TPSA) is 96.5 Å². The summed E-state index contributed by atoms with van der Waals surface area (Å²) < 4.78 is 33.7. The normalized spacial score (nSPS) is 14.4. The minimum absolute atomic E-state index is 0.000952. The number of carbonyl (C=O) groups excluding carboxylic acids is 1. The third-order valence-electron chi connectivity index (χ3n) is 5.71.